The van der Waals surface area contributed by atoms with E-state index >= 15 is 0 Å². The maximum absolute atomic E-state index is 12.2. The lowest BCUT2D eigenvalue weighted by molar-refractivity contribution is 0.102. The maximum atomic E-state index is 12.2. The summed E-state index contributed by atoms with van der Waals surface area (Å²) in [7, 11) is 1.62. The Morgan fingerprint density at radius 1 is 1.30 bits per heavy atom. The zero-order chi connectivity index (χ0) is 16.2. The van der Waals surface area contributed by atoms with Crippen molar-refractivity contribution in [2.45, 2.75) is 0 Å². The predicted octanol–water partition coefficient (Wildman–Crippen LogP) is 4.23. The molecule has 0 spiro atoms. The van der Waals surface area contributed by atoms with E-state index in [9.17, 15) is 4.79 Å². The topological polar surface area (TPSA) is 64.1 Å². The number of nitrogens with zero attached hydrogens (tertiary/aromatic N) is 2. The molecule has 1 N–H and O–H groups in total. The third-order valence-corrected chi connectivity index (χ3v) is 4.27. The molecule has 0 radical (unpaired) electrons. The SMILES string of the molecule is COc1ccccc1-c1csc(NC(=O)c2cncc(Br)c2)n1. The normalized spacial score (nSPS) is 10.3. The van der Waals surface area contributed by atoms with Crippen LogP contribution in [0.2, 0.25) is 0 Å². The Kier molecular flexibility index (Phi) is 4.68. The second-order valence-electron chi connectivity index (χ2n) is 4.58. The van der Waals surface area contributed by atoms with Crippen LogP contribution in [0.25, 0.3) is 11.3 Å². The van der Waals surface area contributed by atoms with Crippen LogP contribution >= 0.6 is 27.3 Å². The molecule has 5 nitrogen and oxygen atoms in total. The molecule has 0 unspecified atom stereocenters. The molecule has 2 heterocycles. The van der Waals surface area contributed by atoms with E-state index in [-0.39, 0.29) is 5.91 Å². The van der Waals surface area contributed by atoms with Crippen molar-refractivity contribution in [3.8, 4) is 17.0 Å². The molecule has 7 heteroatoms. The third kappa shape index (κ3) is 3.57. The summed E-state index contributed by atoms with van der Waals surface area (Å²) in [5.74, 6) is 0.492. The Morgan fingerprint density at radius 3 is 2.91 bits per heavy atom. The summed E-state index contributed by atoms with van der Waals surface area (Å²) in [5.41, 5.74) is 2.11. The molecule has 23 heavy (non-hydrogen) atoms. The number of hydrogen-bond donors (Lipinski definition) is 1. The number of hydrogen-bond acceptors (Lipinski definition) is 5. The van der Waals surface area contributed by atoms with Gasteiger partial charge in [0, 0.05) is 27.8 Å². The lowest BCUT2D eigenvalue weighted by Gasteiger charge is -2.05. The minimum atomic E-state index is -0.250. The van der Waals surface area contributed by atoms with Gasteiger partial charge in [-0.3, -0.25) is 15.1 Å². The van der Waals surface area contributed by atoms with Crippen LogP contribution in [-0.2, 0) is 0 Å². The standard InChI is InChI=1S/C16H12BrN3O2S/c1-22-14-5-3-2-4-12(14)13-9-23-16(19-13)20-15(21)10-6-11(17)8-18-7-10/h2-9H,1H3,(H,19,20,21). The third-order valence-electron chi connectivity index (χ3n) is 3.07. The fourth-order valence-electron chi connectivity index (χ4n) is 2.02. The number of aromatic nitrogens is 2. The minimum absolute atomic E-state index is 0.250. The second kappa shape index (κ2) is 6.89. The quantitative estimate of drug-likeness (QED) is 0.724. The van der Waals surface area contributed by atoms with Crippen molar-refractivity contribution < 1.29 is 9.53 Å². The summed E-state index contributed by atoms with van der Waals surface area (Å²) in [5, 5.41) is 5.19. The number of carbonyl (C=O) groups is 1. The number of amides is 1. The van der Waals surface area contributed by atoms with Crippen LogP contribution in [-0.4, -0.2) is 23.0 Å². The van der Waals surface area contributed by atoms with Gasteiger partial charge in [-0.05, 0) is 34.1 Å². The van der Waals surface area contributed by atoms with E-state index in [2.05, 4.69) is 31.2 Å². The smallest absolute Gasteiger partial charge is 0.259 e. The lowest BCUT2D eigenvalue weighted by atomic mass is 10.1. The molecule has 3 aromatic rings. The molecular formula is C16H12BrN3O2S. The Balaban J connectivity index is 1.81. The molecular weight excluding hydrogens is 378 g/mol. The monoisotopic (exact) mass is 389 g/mol. The number of benzene rings is 1. The predicted molar refractivity (Wildman–Crippen MR) is 94.0 cm³/mol. The Labute approximate surface area is 145 Å². The van der Waals surface area contributed by atoms with Crippen molar-refractivity contribution in [2.24, 2.45) is 0 Å². The van der Waals surface area contributed by atoms with E-state index in [0.717, 1.165) is 21.5 Å². The highest BCUT2D eigenvalue weighted by atomic mass is 79.9. The lowest BCUT2D eigenvalue weighted by Crippen LogP contribution is -2.11. The van der Waals surface area contributed by atoms with Crippen LogP contribution < -0.4 is 10.1 Å². The van der Waals surface area contributed by atoms with Crippen LogP contribution in [0.15, 0.2) is 52.6 Å². The van der Waals surface area contributed by atoms with Crippen LogP contribution in [0.3, 0.4) is 0 Å². The molecule has 116 valence electrons. The average Bonchev–Trinajstić information content (AvgIpc) is 3.03. The van der Waals surface area contributed by atoms with Crippen molar-refractivity contribution in [1.82, 2.24) is 9.97 Å². The summed E-state index contributed by atoms with van der Waals surface area (Å²) in [6.07, 6.45) is 3.13. The van der Waals surface area contributed by atoms with Gasteiger partial charge in [0.2, 0.25) is 0 Å². The summed E-state index contributed by atoms with van der Waals surface area (Å²) in [4.78, 5) is 20.6. The van der Waals surface area contributed by atoms with E-state index in [1.54, 1.807) is 19.4 Å². The summed E-state index contributed by atoms with van der Waals surface area (Å²) >= 11 is 4.66. The molecule has 3 rings (SSSR count). The summed E-state index contributed by atoms with van der Waals surface area (Å²) in [6, 6.07) is 9.33. The number of pyridine rings is 1. The van der Waals surface area contributed by atoms with Gasteiger partial charge < -0.3 is 4.74 Å². The van der Waals surface area contributed by atoms with Gasteiger partial charge in [-0.15, -0.1) is 11.3 Å². The first kappa shape index (κ1) is 15.6. The van der Waals surface area contributed by atoms with Gasteiger partial charge in [-0.1, -0.05) is 12.1 Å². The van der Waals surface area contributed by atoms with E-state index in [1.165, 1.54) is 17.5 Å². The van der Waals surface area contributed by atoms with E-state index in [1.807, 2.05) is 29.6 Å². The zero-order valence-electron chi connectivity index (χ0n) is 12.1. The van der Waals surface area contributed by atoms with Crippen LogP contribution in [0.4, 0.5) is 5.13 Å². The molecule has 0 fully saturated rings. The summed E-state index contributed by atoms with van der Waals surface area (Å²) in [6.45, 7) is 0. The molecule has 2 aromatic heterocycles. The van der Waals surface area contributed by atoms with E-state index < -0.39 is 0 Å². The fraction of sp³-hybridized carbons (Fsp3) is 0.0625. The van der Waals surface area contributed by atoms with Crippen LogP contribution in [0, 0.1) is 0 Å². The first-order chi connectivity index (χ1) is 11.2. The number of carbonyl (C=O) groups excluding carboxylic acids is 1. The molecule has 0 saturated carbocycles. The molecule has 0 aliphatic carbocycles. The van der Waals surface area contributed by atoms with Crippen molar-refractivity contribution in [1.29, 1.82) is 0 Å². The molecule has 0 atom stereocenters. The number of thiazole rings is 1. The summed E-state index contributed by atoms with van der Waals surface area (Å²) < 4.78 is 6.09. The fourth-order valence-corrected chi connectivity index (χ4v) is 3.09. The highest BCUT2D eigenvalue weighted by molar-refractivity contribution is 9.10. The Morgan fingerprint density at radius 2 is 2.13 bits per heavy atom. The number of halogens is 1. The molecule has 1 aromatic carbocycles. The van der Waals surface area contributed by atoms with Crippen molar-refractivity contribution in [2.75, 3.05) is 12.4 Å². The van der Waals surface area contributed by atoms with E-state index in [4.69, 9.17) is 4.74 Å². The van der Waals surface area contributed by atoms with Crippen LogP contribution in [0.1, 0.15) is 10.4 Å². The Hall–Kier alpha value is -2.25. The highest BCUT2D eigenvalue weighted by Gasteiger charge is 2.12. The van der Waals surface area contributed by atoms with E-state index in [0.29, 0.717) is 10.7 Å². The van der Waals surface area contributed by atoms with Crippen LogP contribution in [0.5, 0.6) is 5.75 Å². The molecule has 0 aliphatic heterocycles. The molecule has 0 saturated heterocycles. The molecule has 0 bridgehead atoms. The van der Waals surface area contributed by atoms with Crippen molar-refractivity contribution in [3.05, 3.63) is 58.1 Å². The van der Waals surface area contributed by atoms with Gasteiger partial charge in [0.1, 0.15) is 5.75 Å². The van der Waals surface area contributed by atoms with Crippen molar-refractivity contribution in [3.63, 3.8) is 0 Å². The molecule has 1 amide bonds. The minimum Gasteiger partial charge on any atom is -0.496 e. The number of ether oxygens (including phenoxy) is 1. The first-order valence-corrected chi connectivity index (χ1v) is 8.35. The Bertz CT molecular complexity index is 851. The second-order valence-corrected chi connectivity index (χ2v) is 6.36. The van der Waals surface area contributed by atoms with Crippen molar-refractivity contribution >= 4 is 38.3 Å². The van der Waals surface area contributed by atoms with Gasteiger partial charge in [0.05, 0.1) is 18.4 Å². The number of methoxy groups -OCH3 is 1. The largest absolute Gasteiger partial charge is 0.496 e. The van der Waals surface area contributed by atoms with Gasteiger partial charge >= 0.3 is 0 Å². The molecule has 0 aliphatic rings. The number of nitrogens with one attached hydrogen (secondary N) is 1. The number of anilines is 1. The van der Waals surface area contributed by atoms with Gasteiger partial charge in [0.15, 0.2) is 5.13 Å². The first-order valence-electron chi connectivity index (χ1n) is 6.68. The highest BCUT2D eigenvalue weighted by Crippen LogP contribution is 2.31. The zero-order valence-corrected chi connectivity index (χ0v) is 14.5. The average molecular weight is 390 g/mol. The van der Waals surface area contributed by atoms with Gasteiger partial charge in [-0.25, -0.2) is 4.98 Å². The van der Waals surface area contributed by atoms with Gasteiger partial charge in [0.25, 0.3) is 5.91 Å². The number of para-hydroxylation sites is 1. The van der Waals surface area contributed by atoms with Gasteiger partial charge in [-0.2, -0.15) is 0 Å². The number of rotatable bonds is 4. The maximum Gasteiger partial charge on any atom is 0.259 e.